The van der Waals surface area contributed by atoms with Crippen molar-refractivity contribution in [2.24, 2.45) is 0 Å². The number of aliphatic hydroxyl groups excluding tert-OH is 1. The Kier molecular flexibility index (Phi) is 6.36. The number of hydrogen-bond acceptors (Lipinski definition) is 5. The summed E-state index contributed by atoms with van der Waals surface area (Å²) in [4.78, 5) is 2.45. The average molecular weight is 341 g/mol. The average Bonchev–Trinajstić information content (AvgIpc) is 2.88. The Bertz CT molecular complexity index is 633. The molecule has 2 atom stereocenters. The van der Waals surface area contributed by atoms with Crippen molar-refractivity contribution in [1.29, 1.82) is 0 Å². The van der Waals surface area contributed by atoms with Crippen molar-refractivity contribution in [2.75, 3.05) is 13.7 Å². The monoisotopic (exact) mass is 341 g/mol. The molecule has 1 aliphatic heterocycles. The molecule has 0 unspecified atom stereocenters. The molecule has 0 saturated carbocycles. The van der Waals surface area contributed by atoms with E-state index < -0.39 is 6.10 Å². The highest BCUT2D eigenvalue weighted by Crippen LogP contribution is 2.27. The summed E-state index contributed by atoms with van der Waals surface area (Å²) in [6.07, 6.45) is 5.12. The molecule has 1 saturated heterocycles. The maximum absolute atomic E-state index is 10.6. The van der Waals surface area contributed by atoms with Gasteiger partial charge in [-0.3, -0.25) is 4.90 Å². The van der Waals surface area contributed by atoms with Crippen LogP contribution in [0.4, 0.5) is 0 Å². The standard InChI is InChI=1S/C20H27N3O2/c1-25-20-12-11-17(21-22-20)15-23-13-7-3-6-10-18(23)14-19(24)16-8-4-2-5-9-16/h2,4-5,8-9,11-12,18-19,24H,3,6-7,10,13-15H2,1H3/t18-,19+/m0/s1. The quantitative estimate of drug-likeness (QED) is 0.873. The molecule has 1 aliphatic rings. The molecule has 0 bridgehead atoms. The Morgan fingerprint density at radius 3 is 2.68 bits per heavy atom. The van der Waals surface area contributed by atoms with Crippen molar-refractivity contribution < 1.29 is 9.84 Å². The van der Waals surface area contributed by atoms with Crippen LogP contribution in [0.3, 0.4) is 0 Å². The van der Waals surface area contributed by atoms with Crippen molar-refractivity contribution in [3.8, 4) is 5.88 Å². The zero-order valence-corrected chi connectivity index (χ0v) is 14.8. The van der Waals surface area contributed by atoms with Crippen LogP contribution < -0.4 is 4.74 Å². The van der Waals surface area contributed by atoms with Gasteiger partial charge in [-0.25, -0.2) is 0 Å². The topological polar surface area (TPSA) is 58.5 Å². The summed E-state index contributed by atoms with van der Waals surface area (Å²) in [6.45, 7) is 1.81. The molecule has 1 fully saturated rings. The highest BCUT2D eigenvalue weighted by Gasteiger charge is 2.24. The van der Waals surface area contributed by atoms with Gasteiger partial charge in [0.05, 0.1) is 18.9 Å². The Labute approximate surface area is 149 Å². The Morgan fingerprint density at radius 2 is 1.96 bits per heavy atom. The third-order valence-electron chi connectivity index (χ3n) is 4.95. The summed E-state index contributed by atoms with van der Waals surface area (Å²) in [5.74, 6) is 0.538. The summed E-state index contributed by atoms with van der Waals surface area (Å²) in [5, 5.41) is 19.0. The van der Waals surface area contributed by atoms with Crippen molar-refractivity contribution in [1.82, 2.24) is 15.1 Å². The number of nitrogens with zero attached hydrogens (tertiary/aromatic N) is 3. The van der Waals surface area contributed by atoms with Crippen molar-refractivity contribution >= 4 is 0 Å². The minimum absolute atomic E-state index is 0.363. The lowest BCUT2D eigenvalue weighted by atomic mass is 9.98. The third-order valence-corrected chi connectivity index (χ3v) is 4.95. The van der Waals surface area contributed by atoms with Gasteiger partial charge in [-0.15, -0.1) is 5.10 Å². The molecule has 1 N–H and O–H groups in total. The molecule has 1 aromatic heterocycles. The molecular formula is C20H27N3O2. The van der Waals surface area contributed by atoms with Crippen LogP contribution in [0.15, 0.2) is 42.5 Å². The Hall–Kier alpha value is -1.98. The lowest BCUT2D eigenvalue weighted by Gasteiger charge is -2.31. The zero-order chi connectivity index (χ0) is 17.5. The number of methoxy groups -OCH3 is 1. The van der Waals surface area contributed by atoms with Gasteiger partial charge in [-0.05, 0) is 37.4 Å². The van der Waals surface area contributed by atoms with Crippen molar-refractivity contribution in [3.05, 3.63) is 53.7 Å². The third kappa shape index (κ3) is 5.00. The van der Waals surface area contributed by atoms with Crippen molar-refractivity contribution in [2.45, 2.75) is 50.8 Å². The van der Waals surface area contributed by atoms with Crippen LogP contribution >= 0.6 is 0 Å². The molecule has 134 valence electrons. The van der Waals surface area contributed by atoms with Gasteiger partial charge in [0.1, 0.15) is 0 Å². The lowest BCUT2D eigenvalue weighted by molar-refractivity contribution is 0.0966. The molecule has 0 amide bonds. The van der Waals surface area contributed by atoms with Gasteiger partial charge in [0.25, 0.3) is 0 Å². The van der Waals surface area contributed by atoms with Crippen LogP contribution in [0.1, 0.15) is 49.5 Å². The summed E-state index contributed by atoms with van der Waals surface area (Å²) < 4.78 is 5.08. The van der Waals surface area contributed by atoms with E-state index in [1.807, 2.05) is 42.5 Å². The zero-order valence-electron chi connectivity index (χ0n) is 14.8. The minimum atomic E-state index is -0.422. The van der Waals surface area contributed by atoms with E-state index in [0.29, 0.717) is 11.9 Å². The van der Waals surface area contributed by atoms with Crippen LogP contribution in [0, 0.1) is 0 Å². The first-order valence-electron chi connectivity index (χ1n) is 9.10. The van der Waals surface area contributed by atoms with Gasteiger partial charge in [-0.1, -0.05) is 43.2 Å². The minimum Gasteiger partial charge on any atom is -0.480 e. The number of aliphatic hydroxyl groups is 1. The first kappa shape index (κ1) is 17.8. The van der Waals surface area contributed by atoms with E-state index >= 15 is 0 Å². The first-order chi connectivity index (χ1) is 12.3. The largest absolute Gasteiger partial charge is 0.480 e. The molecule has 2 heterocycles. The molecule has 3 rings (SSSR count). The van der Waals surface area contributed by atoms with E-state index in [1.165, 1.54) is 19.3 Å². The predicted octanol–water partition coefficient (Wildman–Crippen LogP) is 3.35. The molecule has 5 nitrogen and oxygen atoms in total. The predicted molar refractivity (Wildman–Crippen MR) is 97.3 cm³/mol. The molecule has 0 radical (unpaired) electrons. The fourth-order valence-electron chi connectivity index (χ4n) is 3.53. The van der Waals surface area contributed by atoms with E-state index in [9.17, 15) is 5.11 Å². The fraction of sp³-hybridized carbons (Fsp3) is 0.500. The smallest absolute Gasteiger partial charge is 0.233 e. The van der Waals surface area contributed by atoms with Crippen molar-refractivity contribution in [3.63, 3.8) is 0 Å². The Balaban J connectivity index is 1.68. The lowest BCUT2D eigenvalue weighted by Crippen LogP contribution is -2.36. The maximum Gasteiger partial charge on any atom is 0.233 e. The van der Waals surface area contributed by atoms with Gasteiger partial charge in [-0.2, -0.15) is 5.10 Å². The first-order valence-corrected chi connectivity index (χ1v) is 9.10. The summed E-state index contributed by atoms with van der Waals surface area (Å²) in [5.41, 5.74) is 1.94. The maximum atomic E-state index is 10.6. The summed E-state index contributed by atoms with van der Waals surface area (Å²) in [6, 6.07) is 14.1. The number of ether oxygens (including phenoxy) is 1. The fourth-order valence-corrected chi connectivity index (χ4v) is 3.53. The summed E-state index contributed by atoms with van der Waals surface area (Å²) in [7, 11) is 1.60. The number of rotatable bonds is 6. The number of likely N-dealkylation sites (tertiary alicyclic amines) is 1. The molecule has 2 aromatic rings. The second-order valence-corrected chi connectivity index (χ2v) is 6.70. The van der Waals surface area contributed by atoms with Crippen LogP contribution in [0.5, 0.6) is 5.88 Å². The van der Waals surface area contributed by atoms with E-state index in [1.54, 1.807) is 7.11 Å². The molecule has 25 heavy (non-hydrogen) atoms. The molecule has 0 aliphatic carbocycles. The number of aromatic nitrogens is 2. The molecular weight excluding hydrogens is 314 g/mol. The van der Waals surface area contributed by atoms with Crippen LogP contribution in [0.25, 0.3) is 0 Å². The SMILES string of the molecule is COc1ccc(CN2CCCCC[C@H]2C[C@@H](O)c2ccccc2)nn1. The molecule has 5 heteroatoms. The van der Waals surface area contributed by atoms with Crippen LogP contribution in [-0.2, 0) is 6.54 Å². The number of hydrogen-bond donors (Lipinski definition) is 1. The van der Waals surface area contributed by atoms with Gasteiger partial charge in [0.2, 0.25) is 5.88 Å². The van der Waals surface area contributed by atoms with Gasteiger partial charge in [0, 0.05) is 18.7 Å². The van der Waals surface area contributed by atoms with Crippen LogP contribution in [-0.4, -0.2) is 39.9 Å². The van der Waals surface area contributed by atoms with Crippen LogP contribution in [0.2, 0.25) is 0 Å². The highest BCUT2D eigenvalue weighted by molar-refractivity contribution is 5.17. The van der Waals surface area contributed by atoms with Gasteiger partial charge in [0.15, 0.2) is 0 Å². The van der Waals surface area contributed by atoms with E-state index in [0.717, 1.165) is 37.2 Å². The van der Waals surface area contributed by atoms with E-state index in [-0.39, 0.29) is 0 Å². The van der Waals surface area contributed by atoms with E-state index in [2.05, 4.69) is 15.1 Å². The molecule has 1 aromatic carbocycles. The Morgan fingerprint density at radius 1 is 1.12 bits per heavy atom. The second kappa shape index (κ2) is 8.92. The van der Waals surface area contributed by atoms with Gasteiger partial charge >= 0.3 is 0 Å². The number of benzene rings is 1. The van der Waals surface area contributed by atoms with E-state index in [4.69, 9.17) is 4.74 Å². The van der Waals surface area contributed by atoms with Gasteiger partial charge < -0.3 is 9.84 Å². The molecule has 0 spiro atoms. The summed E-state index contributed by atoms with van der Waals surface area (Å²) >= 11 is 0. The second-order valence-electron chi connectivity index (χ2n) is 6.70. The highest BCUT2D eigenvalue weighted by atomic mass is 16.5. The normalized spacial score (nSPS) is 20.0.